The van der Waals surface area contributed by atoms with Gasteiger partial charge in [-0.2, -0.15) is 5.10 Å². The minimum Gasteiger partial charge on any atom is -0.335 e. The van der Waals surface area contributed by atoms with Crippen molar-refractivity contribution in [1.29, 1.82) is 0 Å². The van der Waals surface area contributed by atoms with Gasteiger partial charge in [0.25, 0.3) is 0 Å². The Balaban J connectivity index is 1.53. The Morgan fingerprint density at radius 2 is 2.00 bits per heavy atom. The average Bonchev–Trinajstić information content (AvgIpc) is 3.33. The van der Waals surface area contributed by atoms with Crippen LogP contribution in [0.5, 0.6) is 0 Å². The zero-order valence-corrected chi connectivity index (χ0v) is 20.4. The predicted octanol–water partition coefficient (Wildman–Crippen LogP) is 5.98. The molecular formula is C27H37FN4O. The van der Waals surface area contributed by atoms with E-state index >= 15 is 0 Å². The lowest BCUT2D eigenvalue weighted by Crippen LogP contribution is -2.46. The van der Waals surface area contributed by atoms with Gasteiger partial charge in [0, 0.05) is 19.1 Å². The fourth-order valence-electron chi connectivity index (χ4n) is 5.82. The fraction of sp³-hybridized carbons (Fsp3) is 0.556. The minimum atomic E-state index is -0.237. The number of amides is 2. The number of hydrogen-bond acceptors (Lipinski definition) is 2. The summed E-state index contributed by atoms with van der Waals surface area (Å²) in [6, 6.07) is 6.78. The summed E-state index contributed by atoms with van der Waals surface area (Å²) < 4.78 is 15.3. The number of hydrogen-bond donors (Lipinski definition) is 1. The molecule has 0 radical (unpaired) electrons. The predicted molar refractivity (Wildman–Crippen MR) is 131 cm³/mol. The van der Waals surface area contributed by atoms with Crippen molar-refractivity contribution >= 4 is 12.1 Å². The average molecular weight is 453 g/mol. The van der Waals surface area contributed by atoms with Crippen molar-refractivity contribution in [3.05, 3.63) is 53.1 Å². The maximum Gasteiger partial charge on any atom is 0.317 e. The van der Waals surface area contributed by atoms with Crippen LogP contribution in [0.15, 0.2) is 36.0 Å². The Morgan fingerprint density at radius 3 is 2.67 bits per heavy atom. The third-order valence-electron chi connectivity index (χ3n) is 7.81. The van der Waals surface area contributed by atoms with Gasteiger partial charge in [-0.3, -0.25) is 0 Å². The lowest BCUT2D eigenvalue weighted by Gasteiger charge is -2.38. The van der Waals surface area contributed by atoms with Crippen molar-refractivity contribution in [3.8, 4) is 5.69 Å². The number of carbonyl (C=O) groups is 1. The molecule has 4 rings (SSSR count). The first kappa shape index (κ1) is 23.5. The molecule has 0 aliphatic heterocycles. The number of allylic oxidation sites excluding steroid dienone is 1. The molecule has 1 aromatic carbocycles. The second-order valence-corrected chi connectivity index (χ2v) is 9.79. The van der Waals surface area contributed by atoms with E-state index in [2.05, 4.69) is 30.3 Å². The Kier molecular flexibility index (Phi) is 6.91. The van der Waals surface area contributed by atoms with E-state index in [1.807, 2.05) is 29.6 Å². The number of nitrogens with zero attached hydrogens (tertiary/aromatic N) is 3. The van der Waals surface area contributed by atoms with Crippen LogP contribution >= 0.6 is 0 Å². The van der Waals surface area contributed by atoms with Gasteiger partial charge in [-0.1, -0.05) is 25.8 Å². The molecular weight excluding hydrogens is 415 g/mol. The van der Waals surface area contributed by atoms with Crippen LogP contribution in [-0.4, -0.2) is 39.8 Å². The van der Waals surface area contributed by atoms with Crippen LogP contribution in [0.25, 0.3) is 11.8 Å². The number of halogens is 1. The summed E-state index contributed by atoms with van der Waals surface area (Å²) in [5.41, 5.74) is 4.82. The van der Waals surface area contributed by atoms with Crippen LogP contribution in [0.3, 0.4) is 0 Å². The fourth-order valence-corrected chi connectivity index (χ4v) is 5.82. The van der Waals surface area contributed by atoms with E-state index in [1.54, 1.807) is 12.1 Å². The summed E-state index contributed by atoms with van der Waals surface area (Å²) in [4.78, 5) is 14.6. The molecule has 0 spiro atoms. The van der Waals surface area contributed by atoms with Gasteiger partial charge in [-0.05, 0) is 93.2 Å². The molecule has 3 atom stereocenters. The van der Waals surface area contributed by atoms with Crippen molar-refractivity contribution < 1.29 is 9.18 Å². The number of fused-ring (bicyclic) bond motifs is 2. The highest BCUT2D eigenvalue weighted by Gasteiger charge is 2.46. The summed E-state index contributed by atoms with van der Waals surface area (Å²) in [6.45, 7) is 10.1. The minimum absolute atomic E-state index is 0.0591. The standard InChI is InChI=1S/C27H37FN4O/c1-5-8-23(30-26(33)31(6-2)7-3)15-20-9-10-21-16-25-19(17-27(20,21)4)18-29-32(25)24-13-11-22(28)12-14-24/h11-14,16,18,20,23H,5-10,15,17H2,1-4H3,(H,30,33). The molecule has 0 saturated heterocycles. The van der Waals surface area contributed by atoms with Gasteiger partial charge in [-0.25, -0.2) is 13.9 Å². The molecule has 0 bridgehead atoms. The Labute approximate surface area is 197 Å². The molecule has 1 fully saturated rings. The Morgan fingerprint density at radius 1 is 1.27 bits per heavy atom. The van der Waals surface area contributed by atoms with Gasteiger partial charge < -0.3 is 10.2 Å². The second-order valence-electron chi connectivity index (χ2n) is 9.79. The van der Waals surface area contributed by atoms with Gasteiger partial charge in [0.2, 0.25) is 0 Å². The largest absolute Gasteiger partial charge is 0.335 e. The maximum absolute atomic E-state index is 13.4. The molecule has 5 nitrogen and oxygen atoms in total. The van der Waals surface area contributed by atoms with Crippen molar-refractivity contribution in [2.45, 2.75) is 72.3 Å². The molecule has 1 saturated carbocycles. The molecule has 2 aliphatic carbocycles. The van der Waals surface area contributed by atoms with Crippen molar-refractivity contribution in [3.63, 3.8) is 0 Å². The highest BCUT2D eigenvalue weighted by Crippen LogP contribution is 2.54. The highest BCUT2D eigenvalue weighted by molar-refractivity contribution is 5.74. The maximum atomic E-state index is 13.4. The number of carbonyl (C=O) groups excluding carboxylic acids is 1. The molecule has 1 heterocycles. The summed E-state index contributed by atoms with van der Waals surface area (Å²) in [5.74, 6) is 0.290. The summed E-state index contributed by atoms with van der Waals surface area (Å²) in [6.07, 6.45) is 10.6. The Bertz CT molecular complexity index is 1010. The topological polar surface area (TPSA) is 50.2 Å². The Hall–Kier alpha value is -2.63. The van der Waals surface area contributed by atoms with Gasteiger partial charge >= 0.3 is 6.03 Å². The van der Waals surface area contributed by atoms with E-state index in [9.17, 15) is 9.18 Å². The smallest absolute Gasteiger partial charge is 0.317 e. The van der Waals surface area contributed by atoms with E-state index in [-0.39, 0.29) is 23.3 Å². The first-order valence-corrected chi connectivity index (χ1v) is 12.5. The van der Waals surface area contributed by atoms with Crippen LogP contribution in [0.2, 0.25) is 0 Å². The van der Waals surface area contributed by atoms with E-state index in [0.29, 0.717) is 5.92 Å². The molecule has 2 amide bonds. The van der Waals surface area contributed by atoms with Crippen LogP contribution in [-0.2, 0) is 6.42 Å². The van der Waals surface area contributed by atoms with Gasteiger partial charge in [0.15, 0.2) is 0 Å². The van der Waals surface area contributed by atoms with E-state index in [0.717, 1.165) is 63.0 Å². The van der Waals surface area contributed by atoms with Crippen LogP contribution in [0.4, 0.5) is 9.18 Å². The molecule has 3 unspecified atom stereocenters. The zero-order chi connectivity index (χ0) is 23.6. The summed E-state index contributed by atoms with van der Waals surface area (Å²) in [5, 5.41) is 7.97. The number of rotatable bonds is 8. The quantitative estimate of drug-likeness (QED) is 0.536. The molecule has 2 aliphatic rings. The second kappa shape index (κ2) is 9.70. The van der Waals surface area contributed by atoms with Gasteiger partial charge in [-0.15, -0.1) is 0 Å². The van der Waals surface area contributed by atoms with Gasteiger partial charge in [0.05, 0.1) is 17.6 Å². The van der Waals surface area contributed by atoms with Crippen molar-refractivity contribution in [2.24, 2.45) is 11.3 Å². The number of nitrogens with one attached hydrogen (secondary N) is 1. The third kappa shape index (κ3) is 4.57. The third-order valence-corrected chi connectivity index (χ3v) is 7.81. The van der Waals surface area contributed by atoms with Crippen LogP contribution < -0.4 is 5.32 Å². The first-order valence-electron chi connectivity index (χ1n) is 12.5. The van der Waals surface area contributed by atoms with Crippen LogP contribution in [0.1, 0.15) is 71.1 Å². The SMILES string of the molecule is CCCC(CC1CCC2=Cc3c(cnn3-c3ccc(F)cc3)CC21C)NC(=O)N(CC)CC. The van der Waals surface area contributed by atoms with E-state index in [4.69, 9.17) is 0 Å². The molecule has 6 heteroatoms. The lowest BCUT2D eigenvalue weighted by molar-refractivity contribution is 0.186. The van der Waals surface area contributed by atoms with Crippen molar-refractivity contribution in [1.82, 2.24) is 20.0 Å². The first-order chi connectivity index (χ1) is 15.9. The lowest BCUT2D eigenvalue weighted by atomic mass is 9.68. The zero-order valence-electron chi connectivity index (χ0n) is 20.4. The highest BCUT2D eigenvalue weighted by atomic mass is 19.1. The number of aromatic nitrogens is 2. The van der Waals surface area contributed by atoms with Gasteiger partial charge in [0.1, 0.15) is 5.82 Å². The summed E-state index contributed by atoms with van der Waals surface area (Å²) in [7, 11) is 0. The molecule has 1 aromatic heterocycles. The van der Waals surface area contributed by atoms with Crippen molar-refractivity contribution in [2.75, 3.05) is 13.1 Å². The number of urea groups is 1. The van der Waals surface area contributed by atoms with E-state index < -0.39 is 0 Å². The summed E-state index contributed by atoms with van der Waals surface area (Å²) >= 11 is 0. The number of benzene rings is 1. The van der Waals surface area contributed by atoms with E-state index in [1.165, 1.54) is 23.3 Å². The van der Waals surface area contributed by atoms with Crippen LogP contribution in [0, 0.1) is 17.2 Å². The molecule has 1 N–H and O–H groups in total. The molecule has 178 valence electrons. The molecule has 33 heavy (non-hydrogen) atoms. The molecule has 2 aromatic rings. The monoisotopic (exact) mass is 452 g/mol. The normalized spacial score (nSPS) is 22.3.